The molecule has 0 saturated heterocycles. The molecule has 1 aliphatic rings. The maximum atomic E-state index is 6.45. The molecule has 0 saturated carbocycles. The molecule has 3 heteroatoms. The summed E-state index contributed by atoms with van der Waals surface area (Å²) >= 11 is 0. The van der Waals surface area contributed by atoms with E-state index in [-0.39, 0.29) is 23.9 Å². The molecule has 0 aliphatic heterocycles. The summed E-state index contributed by atoms with van der Waals surface area (Å²) in [7, 11) is 1.73. The van der Waals surface area contributed by atoms with Crippen molar-refractivity contribution < 1.29 is 4.74 Å². The molecular weight excluding hydrogens is 270 g/mol. The van der Waals surface area contributed by atoms with Gasteiger partial charge in [0.05, 0.1) is 7.11 Å². The fourth-order valence-corrected chi connectivity index (χ4v) is 3.44. The van der Waals surface area contributed by atoms with Crippen molar-refractivity contribution >= 4 is 12.4 Å². The molecule has 0 heterocycles. The van der Waals surface area contributed by atoms with Crippen LogP contribution in [0.1, 0.15) is 63.5 Å². The third-order valence-electron chi connectivity index (χ3n) is 4.52. The van der Waals surface area contributed by atoms with Crippen molar-refractivity contribution in [2.45, 2.75) is 63.8 Å². The molecular formula is C17H28ClNO. The highest BCUT2D eigenvalue weighted by atomic mass is 35.5. The van der Waals surface area contributed by atoms with E-state index < -0.39 is 0 Å². The fraction of sp³-hybridized carbons (Fsp3) is 0.647. The average Bonchev–Trinajstić information content (AvgIpc) is 2.37. The predicted octanol–water partition coefficient (Wildman–Crippen LogP) is 4.40. The van der Waals surface area contributed by atoms with E-state index in [9.17, 15) is 0 Å². The summed E-state index contributed by atoms with van der Waals surface area (Å²) in [6, 6.07) is 6.80. The zero-order chi connectivity index (χ0) is 14.0. The van der Waals surface area contributed by atoms with Gasteiger partial charge < -0.3 is 10.5 Å². The van der Waals surface area contributed by atoms with Crippen molar-refractivity contribution in [2.24, 2.45) is 5.73 Å². The summed E-state index contributed by atoms with van der Waals surface area (Å²) in [6.07, 6.45) is 4.75. The van der Waals surface area contributed by atoms with Crippen molar-refractivity contribution in [1.29, 1.82) is 0 Å². The number of hydrogen-bond acceptors (Lipinski definition) is 2. The van der Waals surface area contributed by atoms with Gasteiger partial charge in [-0.3, -0.25) is 0 Å². The zero-order valence-corrected chi connectivity index (χ0v) is 13.9. The van der Waals surface area contributed by atoms with Crippen LogP contribution >= 0.6 is 12.4 Å². The second-order valence-corrected chi connectivity index (χ2v) is 6.45. The number of methoxy groups -OCH3 is 1. The van der Waals surface area contributed by atoms with Crippen LogP contribution in [-0.2, 0) is 5.41 Å². The van der Waals surface area contributed by atoms with Gasteiger partial charge in [-0.15, -0.1) is 12.4 Å². The van der Waals surface area contributed by atoms with Crippen LogP contribution in [-0.4, -0.2) is 13.2 Å². The molecule has 0 amide bonds. The van der Waals surface area contributed by atoms with Crippen LogP contribution < -0.4 is 10.5 Å². The van der Waals surface area contributed by atoms with Gasteiger partial charge in [-0.05, 0) is 47.4 Å². The van der Waals surface area contributed by atoms with E-state index in [0.717, 1.165) is 12.2 Å². The first-order valence-corrected chi connectivity index (χ1v) is 7.43. The number of halogens is 1. The molecule has 20 heavy (non-hydrogen) atoms. The number of nitrogens with two attached hydrogens (primary N) is 1. The van der Waals surface area contributed by atoms with Gasteiger partial charge in [0.25, 0.3) is 0 Å². The lowest BCUT2D eigenvalue weighted by Gasteiger charge is -2.41. The Hall–Kier alpha value is -0.730. The van der Waals surface area contributed by atoms with Gasteiger partial charge in [0.2, 0.25) is 0 Å². The van der Waals surface area contributed by atoms with Gasteiger partial charge >= 0.3 is 0 Å². The highest BCUT2D eigenvalue weighted by molar-refractivity contribution is 5.85. The van der Waals surface area contributed by atoms with Crippen LogP contribution in [0.15, 0.2) is 18.2 Å². The van der Waals surface area contributed by atoms with E-state index in [2.05, 4.69) is 39.0 Å². The van der Waals surface area contributed by atoms with Crippen LogP contribution in [0, 0.1) is 0 Å². The fourth-order valence-electron chi connectivity index (χ4n) is 3.44. The van der Waals surface area contributed by atoms with E-state index in [1.54, 1.807) is 7.11 Å². The monoisotopic (exact) mass is 297 g/mol. The van der Waals surface area contributed by atoms with Crippen molar-refractivity contribution in [1.82, 2.24) is 0 Å². The van der Waals surface area contributed by atoms with Crippen LogP contribution in [0.2, 0.25) is 0 Å². The third-order valence-corrected chi connectivity index (χ3v) is 4.52. The maximum Gasteiger partial charge on any atom is 0.119 e. The molecule has 2 N–H and O–H groups in total. The maximum absolute atomic E-state index is 6.45. The minimum atomic E-state index is 0. The van der Waals surface area contributed by atoms with Crippen LogP contribution in [0.3, 0.4) is 0 Å². The van der Waals surface area contributed by atoms with E-state index >= 15 is 0 Å². The molecule has 2 unspecified atom stereocenters. The second kappa shape index (κ2) is 6.82. The van der Waals surface area contributed by atoms with Gasteiger partial charge in [-0.1, -0.05) is 39.7 Å². The molecule has 114 valence electrons. The Balaban J connectivity index is 0.00000200. The van der Waals surface area contributed by atoms with E-state index in [1.807, 2.05) is 0 Å². The van der Waals surface area contributed by atoms with Crippen molar-refractivity contribution in [2.75, 3.05) is 7.11 Å². The number of unbranched alkanes of at least 4 members (excludes halogenated alkanes) is 1. The van der Waals surface area contributed by atoms with E-state index in [0.29, 0.717) is 5.92 Å². The molecule has 2 nitrogen and oxygen atoms in total. The highest BCUT2D eigenvalue weighted by Gasteiger charge is 2.37. The van der Waals surface area contributed by atoms with Crippen molar-refractivity contribution in [3.8, 4) is 5.75 Å². The number of ether oxygens (including phenoxy) is 1. The zero-order valence-electron chi connectivity index (χ0n) is 13.1. The lowest BCUT2D eigenvalue weighted by molar-refractivity contribution is 0.330. The molecule has 0 fully saturated rings. The minimum absolute atomic E-state index is 0. The van der Waals surface area contributed by atoms with Gasteiger partial charge in [0.15, 0.2) is 0 Å². The smallest absolute Gasteiger partial charge is 0.119 e. The van der Waals surface area contributed by atoms with Gasteiger partial charge in [0.1, 0.15) is 5.75 Å². The molecule has 2 atom stereocenters. The second-order valence-electron chi connectivity index (χ2n) is 6.45. The number of rotatable bonds is 4. The molecule has 2 rings (SSSR count). The molecule has 1 aromatic carbocycles. The Morgan fingerprint density at radius 2 is 2.05 bits per heavy atom. The molecule has 1 aromatic rings. The minimum Gasteiger partial charge on any atom is -0.497 e. The SMILES string of the molecule is CCCCC1c2ccc(OC)cc2C(C)(C)CC1N.Cl. The average molecular weight is 298 g/mol. The predicted molar refractivity (Wildman–Crippen MR) is 88.1 cm³/mol. The summed E-state index contributed by atoms with van der Waals surface area (Å²) in [4.78, 5) is 0. The summed E-state index contributed by atoms with van der Waals surface area (Å²) in [5.41, 5.74) is 9.46. The quantitative estimate of drug-likeness (QED) is 0.894. The first-order valence-electron chi connectivity index (χ1n) is 7.43. The molecule has 1 aliphatic carbocycles. The molecule has 0 aromatic heterocycles. The number of hydrogen-bond donors (Lipinski definition) is 1. The van der Waals surface area contributed by atoms with Gasteiger partial charge in [-0.25, -0.2) is 0 Å². The Morgan fingerprint density at radius 3 is 2.65 bits per heavy atom. The van der Waals surface area contributed by atoms with Crippen LogP contribution in [0.25, 0.3) is 0 Å². The topological polar surface area (TPSA) is 35.2 Å². The lowest BCUT2D eigenvalue weighted by atomic mass is 9.65. The van der Waals surface area contributed by atoms with Gasteiger partial charge in [-0.2, -0.15) is 0 Å². The summed E-state index contributed by atoms with van der Waals surface area (Å²) in [5, 5.41) is 0. The Labute approximate surface area is 129 Å². The largest absolute Gasteiger partial charge is 0.497 e. The number of benzene rings is 1. The molecule has 0 radical (unpaired) electrons. The van der Waals surface area contributed by atoms with Crippen LogP contribution in [0.5, 0.6) is 5.75 Å². The Kier molecular flexibility index (Phi) is 5.91. The summed E-state index contributed by atoms with van der Waals surface area (Å²) in [5.74, 6) is 1.46. The standard InChI is InChI=1S/C17H27NO.ClH/c1-5-6-7-14-13-9-8-12(19-4)10-15(13)17(2,3)11-16(14)18;/h8-10,14,16H,5-7,11,18H2,1-4H3;1H. The van der Waals surface area contributed by atoms with Crippen LogP contribution in [0.4, 0.5) is 0 Å². The third kappa shape index (κ3) is 3.29. The Morgan fingerprint density at radius 1 is 1.35 bits per heavy atom. The first kappa shape index (κ1) is 17.3. The van der Waals surface area contributed by atoms with Crippen molar-refractivity contribution in [3.63, 3.8) is 0 Å². The highest BCUT2D eigenvalue weighted by Crippen LogP contribution is 2.45. The van der Waals surface area contributed by atoms with E-state index in [1.165, 1.54) is 30.4 Å². The molecule has 0 spiro atoms. The first-order chi connectivity index (χ1) is 8.99. The molecule has 0 bridgehead atoms. The van der Waals surface area contributed by atoms with Crippen molar-refractivity contribution in [3.05, 3.63) is 29.3 Å². The lowest BCUT2D eigenvalue weighted by Crippen LogP contribution is -2.41. The summed E-state index contributed by atoms with van der Waals surface area (Å²) < 4.78 is 5.39. The summed E-state index contributed by atoms with van der Waals surface area (Å²) in [6.45, 7) is 6.83. The van der Waals surface area contributed by atoms with Gasteiger partial charge in [0, 0.05) is 6.04 Å². The normalized spacial score (nSPS) is 23.6. The number of fused-ring (bicyclic) bond motifs is 1. The van der Waals surface area contributed by atoms with E-state index in [4.69, 9.17) is 10.5 Å². The Bertz CT molecular complexity index is 445.